The fourth-order valence-corrected chi connectivity index (χ4v) is 4.18. The fraction of sp³-hybridized carbons (Fsp3) is 0.103. The first-order chi connectivity index (χ1) is 17.2. The Bertz CT molecular complexity index is 1550. The van der Waals surface area contributed by atoms with E-state index < -0.39 is 11.7 Å². The molecular weight excluding hydrogens is 463 g/mol. The van der Waals surface area contributed by atoms with Gasteiger partial charge in [0.15, 0.2) is 0 Å². The number of carbonyl (C=O) groups is 1. The Morgan fingerprint density at radius 1 is 0.833 bits per heavy atom. The molecule has 0 saturated heterocycles. The first-order valence-electron chi connectivity index (χ1n) is 11.3. The van der Waals surface area contributed by atoms with Crippen molar-refractivity contribution in [3.63, 3.8) is 0 Å². The van der Waals surface area contributed by atoms with E-state index in [2.05, 4.69) is 15.3 Å². The molecule has 0 atom stereocenters. The minimum absolute atomic E-state index is 0.272. The number of amides is 1. The van der Waals surface area contributed by atoms with Gasteiger partial charge in [0.1, 0.15) is 5.82 Å². The molecule has 2 N–H and O–H groups in total. The number of benzene rings is 4. The fourth-order valence-electron chi connectivity index (χ4n) is 4.18. The third-order valence-corrected chi connectivity index (χ3v) is 6.16. The van der Waals surface area contributed by atoms with Crippen LogP contribution >= 0.6 is 0 Å². The number of para-hydroxylation sites is 2. The van der Waals surface area contributed by atoms with Gasteiger partial charge in [0.2, 0.25) is 0 Å². The van der Waals surface area contributed by atoms with Crippen molar-refractivity contribution in [2.45, 2.75) is 20.0 Å². The zero-order valence-electron chi connectivity index (χ0n) is 19.6. The van der Waals surface area contributed by atoms with E-state index in [0.29, 0.717) is 16.8 Å². The monoisotopic (exact) mass is 485 g/mol. The van der Waals surface area contributed by atoms with Gasteiger partial charge in [0.25, 0.3) is 5.91 Å². The number of nitrogens with zero attached hydrogens (tertiary/aromatic N) is 1. The average Bonchev–Trinajstić information content (AvgIpc) is 3.29. The van der Waals surface area contributed by atoms with Crippen LogP contribution in [0.1, 0.15) is 27.0 Å². The van der Waals surface area contributed by atoms with Crippen LogP contribution in [0.2, 0.25) is 0 Å². The van der Waals surface area contributed by atoms with Gasteiger partial charge < -0.3 is 10.3 Å². The Labute approximate surface area is 205 Å². The summed E-state index contributed by atoms with van der Waals surface area (Å²) in [5.41, 5.74) is 6.22. The van der Waals surface area contributed by atoms with Crippen molar-refractivity contribution >= 4 is 22.6 Å². The first-order valence-corrected chi connectivity index (χ1v) is 11.3. The van der Waals surface area contributed by atoms with E-state index in [1.807, 2.05) is 49.4 Å². The van der Waals surface area contributed by atoms with Crippen LogP contribution in [0, 0.1) is 13.8 Å². The number of carbonyl (C=O) groups excluding carboxylic acids is 1. The SMILES string of the molecule is Cc1cc(-c2ccc(C(F)(F)F)cc2)ccc1C(=O)Nc1ccc(C)c(-c2nc3ccccc3[nH]2)c1. The number of aryl methyl sites for hydroxylation is 2. The second-order valence-corrected chi connectivity index (χ2v) is 8.69. The lowest BCUT2D eigenvalue weighted by Crippen LogP contribution is -2.13. The summed E-state index contributed by atoms with van der Waals surface area (Å²) in [5, 5.41) is 2.95. The highest BCUT2D eigenvalue weighted by atomic mass is 19.4. The molecule has 0 aliphatic rings. The molecule has 7 heteroatoms. The molecule has 36 heavy (non-hydrogen) atoms. The molecule has 0 fully saturated rings. The van der Waals surface area contributed by atoms with Gasteiger partial charge in [0.05, 0.1) is 16.6 Å². The minimum Gasteiger partial charge on any atom is -0.338 e. The predicted octanol–water partition coefficient (Wildman–Crippen LogP) is 7.78. The lowest BCUT2D eigenvalue weighted by atomic mass is 9.98. The summed E-state index contributed by atoms with van der Waals surface area (Å²) in [6, 6.07) is 23.6. The number of aromatic amines is 1. The molecular formula is C29H22F3N3O. The highest BCUT2D eigenvalue weighted by Crippen LogP contribution is 2.32. The lowest BCUT2D eigenvalue weighted by Gasteiger charge is -2.12. The van der Waals surface area contributed by atoms with Gasteiger partial charge in [-0.15, -0.1) is 0 Å². The predicted molar refractivity (Wildman–Crippen MR) is 136 cm³/mol. The summed E-state index contributed by atoms with van der Waals surface area (Å²) in [7, 11) is 0. The number of rotatable bonds is 4. The largest absolute Gasteiger partial charge is 0.416 e. The quantitative estimate of drug-likeness (QED) is 0.273. The molecule has 4 nitrogen and oxygen atoms in total. The maximum absolute atomic E-state index is 13.1. The molecule has 0 aliphatic carbocycles. The third-order valence-electron chi connectivity index (χ3n) is 6.16. The van der Waals surface area contributed by atoms with Crippen molar-refractivity contribution in [3.8, 4) is 22.5 Å². The molecule has 5 aromatic rings. The Morgan fingerprint density at radius 3 is 2.25 bits per heavy atom. The van der Waals surface area contributed by atoms with Gasteiger partial charge in [-0.2, -0.15) is 13.2 Å². The van der Waals surface area contributed by atoms with Gasteiger partial charge in [-0.3, -0.25) is 4.79 Å². The van der Waals surface area contributed by atoms with Crippen molar-refractivity contribution < 1.29 is 18.0 Å². The van der Waals surface area contributed by atoms with Crippen molar-refractivity contribution in [1.29, 1.82) is 0 Å². The van der Waals surface area contributed by atoms with Crippen molar-refractivity contribution in [2.75, 3.05) is 5.32 Å². The molecule has 180 valence electrons. The number of alkyl halides is 3. The molecule has 1 heterocycles. The standard InChI is InChI=1S/C29H22F3N3O/c1-17-7-13-22(16-24(17)27-34-25-5-3-4-6-26(25)35-27)33-28(36)23-14-10-20(15-18(23)2)19-8-11-21(12-9-19)29(30,31)32/h3-16H,1-2H3,(H,33,36)(H,34,35). The zero-order chi connectivity index (χ0) is 25.4. The maximum Gasteiger partial charge on any atom is 0.416 e. The molecule has 5 rings (SSSR count). The number of imidazole rings is 1. The number of nitrogens with one attached hydrogen (secondary N) is 2. The molecule has 0 unspecified atom stereocenters. The van der Waals surface area contributed by atoms with Crippen molar-refractivity contribution in [3.05, 3.63) is 107 Å². The number of fused-ring (bicyclic) bond motifs is 1. The number of halogens is 3. The van der Waals surface area contributed by atoms with Crippen LogP contribution in [-0.4, -0.2) is 15.9 Å². The molecule has 0 aliphatic heterocycles. The second kappa shape index (κ2) is 9.00. The zero-order valence-corrected chi connectivity index (χ0v) is 19.6. The number of hydrogen-bond acceptors (Lipinski definition) is 2. The van der Waals surface area contributed by atoms with Gasteiger partial charge in [0, 0.05) is 16.8 Å². The summed E-state index contributed by atoms with van der Waals surface area (Å²) in [5.74, 6) is 0.452. The van der Waals surface area contributed by atoms with E-state index >= 15 is 0 Å². The molecule has 0 spiro atoms. The molecule has 1 amide bonds. The number of hydrogen-bond donors (Lipinski definition) is 2. The topological polar surface area (TPSA) is 57.8 Å². The third kappa shape index (κ3) is 4.60. The summed E-state index contributed by atoms with van der Waals surface area (Å²) in [6.45, 7) is 3.79. The first kappa shape index (κ1) is 23.4. The van der Waals surface area contributed by atoms with E-state index in [9.17, 15) is 18.0 Å². The Morgan fingerprint density at radius 2 is 1.56 bits per heavy atom. The van der Waals surface area contributed by atoms with Crippen LogP contribution in [0.15, 0.2) is 84.9 Å². The minimum atomic E-state index is -4.38. The van der Waals surface area contributed by atoms with Crippen molar-refractivity contribution in [2.24, 2.45) is 0 Å². The van der Waals surface area contributed by atoms with Crippen molar-refractivity contribution in [1.82, 2.24) is 9.97 Å². The number of anilines is 1. The van der Waals surface area contributed by atoms with Gasteiger partial charge in [-0.1, -0.05) is 42.5 Å². The molecule has 0 bridgehead atoms. The van der Waals surface area contributed by atoms with Crippen LogP contribution < -0.4 is 5.32 Å². The van der Waals surface area contributed by atoms with E-state index in [0.717, 1.165) is 51.2 Å². The number of H-pyrrole nitrogens is 1. The smallest absolute Gasteiger partial charge is 0.338 e. The Hall–Kier alpha value is -4.39. The molecule has 0 radical (unpaired) electrons. The summed E-state index contributed by atoms with van der Waals surface area (Å²) >= 11 is 0. The Balaban J connectivity index is 1.37. The van der Waals surface area contributed by atoms with Gasteiger partial charge in [-0.25, -0.2) is 4.98 Å². The normalized spacial score (nSPS) is 11.6. The maximum atomic E-state index is 13.1. The highest BCUT2D eigenvalue weighted by Gasteiger charge is 2.30. The van der Waals surface area contributed by atoms with Crippen LogP contribution in [0.5, 0.6) is 0 Å². The summed E-state index contributed by atoms with van der Waals surface area (Å²) in [6.07, 6.45) is -4.38. The van der Waals surface area contributed by atoms with Gasteiger partial charge >= 0.3 is 6.18 Å². The molecule has 1 aromatic heterocycles. The van der Waals surface area contributed by atoms with Crippen LogP contribution in [0.25, 0.3) is 33.5 Å². The van der Waals surface area contributed by atoms with E-state index in [1.165, 1.54) is 12.1 Å². The second-order valence-electron chi connectivity index (χ2n) is 8.69. The molecule has 4 aromatic carbocycles. The van der Waals surface area contributed by atoms with Gasteiger partial charge in [-0.05, 0) is 78.6 Å². The summed E-state index contributed by atoms with van der Waals surface area (Å²) in [4.78, 5) is 21.0. The van der Waals surface area contributed by atoms with Crippen LogP contribution in [0.4, 0.5) is 18.9 Å². The lowest BCUT2D eigenvalue weighted by molar-refractivity contribution is -0.137. The van der Waals surface area contributed by atoms with E-state index in [4.69, 9.17) is 0 Å². The van der Waals surface area contributed by atoms with Crippen LogP contribution in [-0.2, 0) is 6.18 Å². The average molecular weight is 486 g/mol. The molecule has 0 saturated carbocycles. The van der Waals surface area contributed by atoms with Crippen LogP contribution in [0.3, 0.4) is 0 Å². The number of aromatic nitrogens is 2. The van der Waals surface area contributed by atoms with E-state index in [1.54, 1.807) is 25.1 Å². The van der Waals surface area contributed by atoms with E-state index in [-0.39, 0.29) is 5.91 Å². The summed E-state index contributed by atoms with van der Waals surface area (Å²) < 4.78 is 38.5. The Kier molecular flexibility index (Phi) is 5.84. The highest BCUT2D eigenvalue weighted by molar-refractivity contribution is 6.06.